The van der Waals surface area contributed by atoms with Crippen molar-refractivity contribution in [2.45, 2.75) is 65.8 Å². The lowest BCUT2D eigenvalue weighted by atomic mass is 9.89. The van der Waals surface area contributed by atoms with Gasteiger partial charge in [-0.25, -0.2) is 0 Å². The fourth-order valence-electron chi connectivity index (χ4n) is 4.90. The van der Waals surface area contributed by atoms with Crippen LogP contribution in [-0.4, -0.2) is 71.2 Å². The van der Waals surface area contributed by atoms with E-state index < -0.39 is 0 Å². The maximum absolute atomic E-state index is 13.4. The summed E-state index contributed by atoms with van der Waals surface area (Å²) in [5.74, 6) is 0.481. The number of amides is 3. The molecule has 0 aromatic heterocycles. The zero-order chi connectivity index (χ0) is 23.3. The minimum atomic E-state index is -0.379. The number of carbonyl (C=O) groups excluding carboxylic acids is 3. The summed E-state index contributed by atoms with van der Waals surface area (Å²) >= 11 is 0. The quantitative estimate of drug-likeness (QED) is 0.698. The summed E-state index contributed by atoms with van der Waals surface area (Å²) in [6, 6.07) is 9.61. The van der Waals surface area contributed by atoms with Gasteiger partial charge in [-0.2, -0.15) is 0 Å². The summed E-state index contributed by atoms with van der Waals surface area (Å²) in [4.78, 5) is 44.7. The summed E-state index contributed by atoms with van der Waals surface area (Å²) in [7, 11) is 0. The van der Waals surface area contributed by atoms with Crippen LogP contribution in [-0.2, 0) is 9.59 Å². The highest BCUT2D eigenvalue weighted by Gasteiger charge is 2.36. The number of likely N-dealkylation sites (tertiary alicyclic amines) is 2. The normalized spacial score (nSPS) is 18.5. The minimum Gasteiger partial charge on any atom is -0.342 e. The molecule has 0 atom stereocenters. The average molecular weight is 442 g/mol. The third-order valence-corrected chi connectivity index (χ3v) is 6.73. The van der Waals surface area contributed by atoms with Gasteiger partial charge < -0.3 is 14.7 Å². The minimum absolute atomic E-state index is 0.00505. The van der Waals surface area contributed by atoms with Crippen molar-refractivity contribution in [2.24, 2.45) is 11.3 Å². The Balaban J connectivity index is 1.56. The summed E-state index contributed by atoms with van der Waals surface area (Å²) in [6.45, 7) is 11.4. The van der Waals surface area contributed by atoms with Crippen molar-refractivity contribution in [1.82, 2.24) is 14.7 Å². The Labute approximate surface area is 192 Å². The van der Waals surface area contributed by atoms with Crippen molar-refractivity contribution >= 4 is 17.7 Å². The van der Waals surface area contributed by atoms with Gasteiger partial charge in [0.15, 0.2) is 0 Å². The van der Waals surface area contributed by atoms with Crippen LogP contribution in [0.5, 0.6) is 0 Å². The molecular weight excluding hydrogens is 402 g/mol. The summed E-state index contributed by atoms with van der Waals surface area (Å²) < 4.78 is 0. The fourth-order valence-corrected chi connectivity index (χ4v) is 4.90. The number of hydrogen-bond donors (Lipinski definition) is 0. The molecule has 2 aliphatic rings. The van der Waals surface area contributed by atoms with Crippen molar-refractivity contribution in [3.05, 3.63) is 35.9 Å². The molecule has 0 aliphatic carbocycles. The molecule has 0 saturated carbocycles. The van der Waals surface area contributed by atoms with E-state index in [1.807, 2.05) is 60.9 Å². The third-order valence-electron chi connectivity index (χ3n) is 6.73. The Kier molecular flexibility index (Phi) is 7.96. The van der Waals surface area contributed by atoms with Gasteiger partial charge in [0.1, 0.15) is 0 Å². The topological polar surface area (TPSA) is 60.9 Å². The molecule has 2 heterocycles. The molecule has 6 nitrogen and oxygen atoms in total. The molecule has 3 amide bonds. The Morgan fingerprint density at radius 1 is 0.906 bits per heavy atom. The first-order chi connectivity index (χ1) is 15.2. The largest absolute Gasteiger partial charge is 0.342 e. The number of carbonyl (C=O) groups is 3. The molecule has 2 aliphatic heterocycles. The van der Waals surface area contributed by atoms with E-state index >= 15 is 0 Å². The van der Waals surface area contributed by atoms with Crippen LogP contribution in [0.2, 0.25) is 0 Å². The summed E-state index contributed by atoms with van der Waals surface area (Å²) in [5, 5.41) is 0. The summed E-state index contributed by atoms with van der Waals surface area (Å²) in [5.41, 5.74) is 0.347. The van der Waals surface area contributed by atoms with E-state index in [-0.39, 0.29) is 35.1 Å². The van der Waals surface area contributed by atoms with Gasteiger partial charge in [-0.3, -0.25) is 14.4 Å². The van der Waals surface area contributed by atoms with E-state index in [1.54, 1.807) is 0 Å². The first-order valence-electron chi connectivity index (χ1n) is 12.2. The molecule has 1 aromatic rings. The molecule has 2 fully saturated rings. The zero-order valence-electron chi connectivity index (χ0n) is 20.2. The number of rotatable bonds is 5. The van der Waals surface area contributed by atoms with Crippen molar-refractivity contribution in [1.29, 1.82) is 0 Å². The number of piperidine rings is 2. The Morgan fingerprint density at radius 3 is 2.00 bits per heavy atom. The number of benzene rings is 1. The first kappa shape index (κ1) is 24.3. The predicted molar refractivity (Wildman–Crippen MR) is 126 cm³/mol. The van der Waals surface area contributed by atoms with Crippen molar-refractivity contribution in [2.75, 3.05) is 32.7 Å². The van der Waals surface area contributed by atoms with Crippen LogP contribution in [0.25, 0.3) is 0 Å². The second-order valence-corrected chi connectivity index (χ2v) is 10.2. The molecule has 0 radical (unpaired) electrons. The molecule has 2 saturated heterocycles. The van der Waals surface area contributed by atoms with E-state index in [0.717, 1.165) is 44.2 Å². The molecule has 0 unspecified atom stereocenters. The Morgan fingerprint density at radius 2 is 1.47 bits per heavy atom. The lowest BCUT2D eigenvalue weighted by molar-refractivity contribution is -0.146. The summed E-state index contributed by atoms with van der Waals surface area (Å²) in [6.07, 6.45) is 4.06. The molecule has 1 aromatic carbocycles. The van der Waals surface area contributed by atoms with Crippen LogP contribution in [0, 0.1) is 11.3 Å². The molecule has 176 valence electrons. The van der Waals surface area contributed by atoms with Gasteiger partial charge in [-0.1, -0.05) is 45.9 Å². The van der Waals surface area contributed by atoms with Gasteiger partial charge in [0.2, 0.25) is 11.8 Å². The lowest BCUT2D eigenvalue weighted by Crippen LogP contribution is -2.52. The standard InChI is InChI=1S/C26H39N3O3/c1-5-15-29(24(31)21-11-16-28(17-12-21)25(32)26(2,3)4)22-13-18-27(19-14-22)23(30)20-9-7-6-8-10-20/h6-10,21-22H,5,11-19H2,1-4H3. The van der Waals surface area contributed by atoms with Crippen LogP contribution < -0.4 is 0 Å². The van der Waals surface area contributed by atoms with Crippen LogP contribution in [0.15, 0.2) is 30.3 Å². The molecular formula is C26H39N3O3. The van der Waals surface area contributed by atoms with Crippen molar-refractivity contribution in [3.63, 3.8) is 0 Å². The third kappa shape index (κ3) is 5.70. The fraction of sp³-hybridized carbons (Fsp3) is 0.654. The second kappa shape index (κ2) is 10.5. The van der Waals surface area contributed by atoms with Gasteiger partial charge >= 0.3 is 0 Å². The van der Waals surface area contributed by atoms with Crippen LogP contribution in [0.1, 0.15) is 70.2 Å². The Bertz CT molecular complexity index is 786. The van der Waals surface area contributed by atoms with Gasteiger partial charge in [-0.05, 0) is 44.2 Å². The second-order valence-electron chi connectivity index (χ2n) is 10.2. The van der Waals surface area contributed by atoms with E-state index in [9.17, 15) is 14.4 Å². The molecule has 0 N–H and O–H groups in total. The predicted octanol–water partition coefficient (Wildman–Crippen LogP) is 3.81. The van der Waals surface area contributed by atoms with Crippen LogP contribution >= 0.6 is 0 Å². The molecule has 6 heteroatoms. The lowest BCUT2D eigenvalue weighted by Gasteiger charge is -2.41. The molecule has 3 rings (SSSR count). The Hall–Kier alpha value is -2.37. The molecule has 32 heavy (non-hydrogen) atoms. The van der Waals surface area contributed by atoms with Gasteiger partial charge in [0, 0.05) is 55.7 Å². The molecule has 0 bridgehead atoms. The number of hydrogen-bond acceptors (Lipinski definition) is 3. The maximum Gasteiger partial charge on any atom is 0.253 e. The van der Waals surface area contributed by atoms with Crippen LogP contribution in [0.4, 0.5) is 0 Å². The highest BCUT2D eigenvalue weighted by atomic mass is 16.2. The SMILES string of the molecule is CCCN(C(=O)C1CCN(C(=O)C(C)(C)C)CC1)C1CCN(C(=O)c2ccccc2)CC1. The van der Waals surface area contributed by atoms with Gasteiger partial charge in [-0.15, -0.1) is 0 Å². The maximum atomic E-state index is 13.4. The van der Waals surface area contributed by atoms with E-state index in [4.69, 9.17) is 0 Å². The van der Waals surface area contributed by atoms with Crippen LogP contribution in [0.3, 0.4) is 0 Å². The first-order valence-corrected chi connectivity index (χ1v) is 12.2. The smallest absolute Gasteiger partial charge is 0.253 e. The van der Waals surface area contributed by atoms with E-state index in [2.05, 4.69) is 11.8 Å². The highest BCUT2D eigenvalue weighted by Crippen LogP contribution is 2.27. The zero-order valence-corrected chi connectivity index (χ0v) is 20.2. The van der Waals surface area contributed by atoms with Gasteiger partial charge in [0.25, 0.3) is 5.91 Å². The van der Waals surface area contributed by atoms with Crippen molar-refractivity contribution < 1.29 is 14.4 Å². The van der Waals surface area contributed by atoms with E-state index in [0.29, 0.717) is 26.2 Å². The van der Waals surface area contributed by atoms with Crippen molar-refractivity contribution in [3.8, 4) is 0 Å². The molecule has 0 spiro atoms. The van der Waals surface area contributed by atoms with Gasteiger partial charge in [0.05, 0.1) is 0 Å². The monoisotopic (exact) mass is 441 g/mol. The van der Waals surface area contributed by atoms with E-state index in [1.165, 1.54) is 0 Å². The average Bonchev–Trinajstić information content (AvgIpc) is 2.81. The number of nitrogens with zero attached hydrogens (tertiary/aromatic N) is 3. The highest BCUT2D eigenvalue weighted by molar-refractivity contribution is 5.94.